The molecule has 2 aromatic rings. The number of nitriles is 1. The van der Waals surface area contributed by atoms with Gasteiger partial charge < -0.3 is 10.1 Å². The van der Waals surface area contributed by atoms with Crippen LogP contribution in [0.25, 0.3) is 0 Å². The molecule has 1 saturated carbocycles. The Kier molecular flexibility index (Phi) is 14.0. The van der Waals surface area contributed by atoms with E-state index < -0.39 is 34.3 Å². The topological polar surface area (TPSA) is 151 Å². The number of carbonyl (C=O) groups excluding carboxylic acids is 4. The third-order valence-corrected chi connectivity index (χ3v) is 12.0. The van der Waals surface area contributed by atoms with Crippen LogP contribution in [0.5, 0.6) is 0 Å². The lowest BCUT2D eigenvalue weighted by atomic mass is 9.89. The number of hydrogen-bond donors (Lipinski definition) is 3. The Balaban J connectivity index is 0.00000620. The fourth-order valence-electron chi connectivity index (χ4n) is 8.72. The Hall–Kier alpha value is -3.79. The molecule has 4 heterocycles. The van der Waals surface area contributed by atoms with Crippen LogP contribution in [0, 0.1) is 11.3 Å². The lowest BCUT2D eigenvalue weighted by Gasteiger charge is -2.44. The minimum atomic E-state index is -4.75. The smallest absolute Gasteiger partial charge is 0.377 e. The Morgan fingerprint density at radius 3 is 2.39 bits per heavy atom. The second-order valence-electron chi connectivity index (χ2n) is 15.8. The molecule has 4 atom stereocenters. The molecule has 2 unspecified atom stereocenters. The minimum Gasteiger partial charge on any atom is -0.377 e. The molecule has 18 heteroatoms. The van der Waals surface area contributed by atoms with E-state index in [4.69, 9.17) is 17.4 Å². The van der Waals surface area contributed by atoms with Gasteiger partial charge in [-0.05, 0) is 95.7 Å². The number of alkyl halides is 3. The molecule has 1 aromatic heterocycles. The SMILES string of the molecule is C[C@@H]1CN(CCOC2CCC(N3C(S)N(c4ccc(C#N)c(C(F)(F)F)c4)C(=O)C3(C)C)CC2)C[C@H](C)N1CC(=O)Nc1cc(C2CCC(=O)NC2=O)ccn1.Cl. The van der Waals surface area contributed by atoms with Gasteiger partial charge in [-0.15, -0.1) is 25.0 Å². The molecule has 6 rings (SSSR count). The molecule has 0 spiro atoms. The van der Waals surface area contributed by atoms with Gasteiger partial charge in [0.25, 0.3) is 0 Å². The fourth-order valence-corrected chi connectivity index (χ4v) is 9.44. The van der Waals surface area contributed by atoms with E-state index >= 15 is 0 Å². The van der Waals surface area contributed by atoms with Crippen LogP contribution in [0.3, 0.4) is 0 Å². The highest BCUT2D eigenvalue weighted by atomic mass is 35.5. The molecule has 57 heavy (non-hydrogen) atoms. The number of nitrogens with one attached hydrogen (secondary N) is 2. The fraction of sp³-hybridized carbons (Fsp3) is 0.590. The van der Waals surface area contributed by atoms with E-state index in [2.05, 4.69) is 39.3 Å². The molecule has 0 bridgehead atoms. The summed E-state index contributed by atoms with van der Waals surface area (Å²) < 4.78 is 47.5. The van der Waals surface area contributed by atoms with Gasteiger partial charge in [-0.25, -0.2) is 4.98 Å². The summed E-state index contributed by atoms with van der Waals surface area (Å²) in [4.78, 5) is 62.7. The number of imide groups is 1. The number of nitrogens with zero attached hydrogens (tertiary/aromatic N) is 6. The molecule has 4 aliphatic rings. The van der Waals surface area contributed by atoms with Gasteiger partial charge in [0.15, 0.2) is 0 Å². The van der Waals surface area contributed by atoms with Crippen LogP contribution < -0.4 is 15.5 Å². The van der Waals surface area contributed by atoms with Crippen molar-refractivity contribution in [3.8, 4) is 6.07 Å². The van der Waals surface area contributed by atoms with E-state index in [1.807, 2.05) is 4.90 Å². The summed E-state index contributed by atoms with van der Waals surface area (Å²) in [5, 5.41) is 14.5. The summed E-state index contributed by atoms with van der Waals surface area (Å²) in [5.74, 6) is -1.29. The number of carbonyl (C=O) groups is 4. The van der Waals surface area contributed by atoms with Gasteiger partial charge in [0.1, 0.15) is 11.3 Å². The first-order valence-corrected chi connectivity index (χ1v) is 19.6. The summed E-state index contributed by atoms with van der Waals surface area (Å²) >= 11 is 4.76. The van der Waals surface area contributed by atoms with Crippen LogP contribution >= 0.6 is 25.0 Å². The van der Waals surface area contributed by atoms with E-state index in [9.17, 15) is 37.6 Å². The van der Waals surface area contributed by atoms with Gasteiger partial charge >= 0.3 is 6.18 Å². The average molecular weight is 835 g/mol. The number of aromatic nitrogens is 1. The van der Waals surface area contributed by atoms with Gasteiger partial charge in [-0.1, -0.05) is 0 Å². The molecule has 4 fully saturated rings. The normalized spacial score (nSPS) is 27.4. The van der Waals surface area contributed by atoms with Crippen molar-refractivity contribution in [1.29, 1.82) is 5.26 Å². The van der Waals surface area contributed by atoms with Crippen molar-refractivity contribution in [1.82, 2.24) is 25.0 Å². The van der Waals surface area contributed by atoms with Gasteiger partial charge in [0.2, 0.25) is 23.6 Å². The van der Waals surface area contributed by atoms with Gasteiger partial charge in [-0.3, -0.25) is 44.1 Å². The number of piperidine rings is 1. The number of anilines is 2. The van der Waals surface area contributed by atoms with Gasteiger partial charge in [0.05, 0.1) is 47.9 Å². The highest BCUT2D eigenvalue weighted by Gasteiger charge is 2.54. The van der Waals surface area contributed by atoms with Crippen LogP contribution in [-0.4, -0.2) is 111 Å². The zero-order valence-corrected chi connectivity index (χ0v) is 34.1. The molecule has 1 aliphatic carbocycles. The molecular weight excluding hydrogens is 785 g/mol. The maximum absolute atomic E-state index is 13.7. The van der Waals surface area contributed by atoms with Crippen LogP contribution in [-0.2, 0) is 30.1 Å². The molecule has 13 nitrogen and oxygen atoms in total. The van der Waals surface area contributed by atoms with Crippen LogP contribution in [0.15, 0.2) is 36.5 Å². The zero-order valence-electron chi connectivity index (χ0n) is 32.4. The zero-order chi connectivity index (χ0) is 40.5. The first kappa shape index (κ1) is 44.3. The molecule has 310 valence electrons. The molecule has 3 saturated heterocycles. The highest BCUT2D eigenvalue weighted by molar-refractivity contribution is 7.81. The maximum atomic E-state index is 13.7. The van der Waals surface area contributed by atoms with E-state index in [1.165, 1.54) is 11.0 Å². The standard InChI is InChI=1S/C39H49F3N8O5S.ClH/c1-23-20-47(21-24(2)48(23)22-34(52)45-32-17-25(13-14-44-32)30-11-12-33(51)46-35(30)53)15-16-55-29-9-7-27(8-10-29)50-37(56)49(36(54)38(50,3)4)28-6-5-26(19-43)31(18-28)39(40,41)42;/h5-6,13-14,17-18,23-24,27,29-30,37,56H,7-12,15-16,20-22H2,1-4H3,(H,44,45,52)(H,46,51,53);1H/t23-,24+,27?,29?,30?,37?;. The summed E-state index contributed by atoms with van der Waals surface area (Å²) in [6.07, 6.45) is 0.520. The maximum Gasteiger partial charge on any atom is 0.417 e. The molecular formula is C39H50ClF3N8O5S. The van der Waals surface area contributed by atoms with E-state index in [0.717, 1.165) is 57.5 Å². The lowest BCUT2D eigenvalue weighted by molar-refractivity contribution is -0.138. The van der Waals surface area contributed by atoms with Crippen molar-refractivity contribution in [3.63, 3.8) is 0 Å². The number of amides is 4. The molecule has 4 amide bonds. The predicted molar refractivity (Wildman–Crippen MR) is 212 cm³/mol. The van der Waals surface area contributed by atoms with Crippen molar-refractivity contribution >= 4 is 60.2 Å². The van der Waals surface area contributed by atoms with Crippen molar-refractivity contribution in [2.75, 3.05) is 43.0 Å². The van der Waals surface area contributed by atoms with Gasteiger partial charge in [-0.2, -0.15) is 18.4 Å². The van der Waals surface area contributed by atoms with Crippen molar-refractivity contribution in [3.05, 3.63) is 53.2 Å². The highest BCUT2D eigenvalue weighted by Crippen LogP contribution is 2.43. The third-order valence-electron chi connectivity index (χ3n) is 11.6. The van der Waals surface area contributed by atoms with Gasteiger partial charge in [0, 0.05) is 56.1 Å². The Morgan fingerprint density at radius 1 is 1.07 bits per heavy atom. The van der Waals surface area contributed by atoms with Crippen LogP contribution in [0.4, 0.5) is 24.7 Å². The van der Waals surface area contributed by atoms with Crippen molar-refractivity contribution in [2.24, 2.45) is 0 Å². The molecule has 0 radical (unpaired) electrons. The largest absolute Gasteiger partial charge is 0.417 e. The third kappa shape index (κ3) is 9.75. The van der Waals surface area contributed by atoms with Crippen LogP contribution in [0.2, 0.25) is 0 Å². The number of pyridine rings is 1. The van der Waals surface area contributed by atoms with E-state index in [1.54, 1.807) is 38.2 Å². The summed E-state index contributed by atoms with van der Waals surface area (Å²) in [7, 11) is 0. The summed E-state index contributed by atoms with van der Waals surface area (Å²) in [6.45, 7) is 10.7. The second-order valence-corrected chi connectivity index (χ2v) is 16.2. The number of piperazine rings is 1. The van der Waals surface area contributed by atoms with Crippen LogP contribution in [0.1, 0.15) is 88.8 Å². The summed E-state index contributed by atoms with van der Waals surface area (Å²) in [5.41, 5.74) is -2.63. The number of hydrogen-bond acceptors (Lipinski definition) is 11. The first-order chi connectivity index (χ1) is 26.5. The Labute approximate surface area is 342 Å². The Morgan fingerprint density at radius 2 is 1.75 bits per heavy atom. The van der Waals surface area contributed by atoms with E-state index in [-0.39, 0.29) is 78.9 Å². The van der Waals surface area contributed by atoms with E-state index in [0.29, 0.717) is 24.4 Å². The number of ether oxygens (including phenoxy) is 1. The summed E-state index contributed by atoms with van der Waals surface area (Å²) in [6, 6.07) is 8.49. The monoisotopic (exact) mass is 834 g/mol. The second kappa shape index (κ2) is 18.0. The molecule has 3 aliphatic heterocycles. The molecule has 2 N–H and O–H groups in total. The number of rotatable bonds is 10. The number of benzene rings is 1. The van der Waals surface area contributed by atoms with Crippen molar-refractivity contribution < 1.29 is 37.1 Å². The number of thiol groups is 1. The average Bonchev–Trinajstić information content (AvgIpc) is 3.31. The predicted octanol–water partition coefficient (Wildman–Crippen LogP) is 4.92. The van der Waals surface area contributed by atoms with Crippen molar-refractivity contribution in [2.45, 2.75) is 114 Å². The minimum absolute atomic E-state index is 0. The molecule has 1 aromatic carbocycles. The Bertz CT molecular complexity index is 1860. The number of halogens is 4. The lowest BCUT2D eigenvalue weighted by Crippen LogP contribution is -2.58. The quantitative estimate of drug-likeness (QED) is 0.223. The first-order valence-electron chi connectivity index (χ1n) is 19.1.